The number of carbonyl (C=O) groups excluding carboxylic acids is 2. The van der Waals surface area contributed by atoms with Crippen molar-refractivity contribution in [1.29, 1.82) is 0 Å². The third-order valence-electron chi connectivity index (χ3n) is 4.10. The number of halogens is 4. The van der Waals surface area contributed by atoms with Gasteiger partial charge in [-0.25, -0.2) is 13.2 Å². The van der Waals surface area contributed by atoms with E-state index in [1.165, 1.54) is 0 Å². The molecule has 0 aliphatic carbocycles. The Morgan fingerprint density at radius 1 is 0.964 bits per heavy atom. The summed E-state index contributed by atoms with van der Waals surface area (Å²) in [5.41, 5.74) is 0.946. The molecule has 0 fully saturated rings. The molecular formula is C19H20ClF3N3O2+. The van der Waals surface area contributed by atoms with E-state index in [1.54, 1.807) is 25.1 Å². The number of aryl methyl sites for hydroxylation is 1. The molecule has 0 bridgehead atoms. The molecule has 0 saturated heterocycles. The quantitative estimate of drug-likeness (QED) is 0.610. The number of anilines is 2. The predicted octanol–water partition coefficient (Wildman–Crippen LogP) is 2.55. The van der Waals surface area contributed by atoms with Gasteiger partial charge in [0, 0.05) is 10.7 Å². The van der Waals surface area contributed by atoms with Gasteiger partial charge < -0.3 is 15.5 Å². The summed E-state index contributed by atoms with van der Waals surface area (Å²) in [4.78, 5) is 25.0. The fraction of sp³-hybridized carbons (Fsp3) is 0.263. The first-order valence-electron chi connectivity index (χ1n) is 8.54. The van der Waals surface area contributed by atoms with Crippen LogP contribution in [0.5, 0.6) is 0 Å². The summed E-state index contributed by atoms with van der Waals surface area (Å²) in [5.74, 6) is -5.43. The number of rotatable bonds is 7. The zero-order valence-corrected chi connectivity index (χ0v) is 16.1. The zero-order valence-electron chi connectivity index (χ0n) is 15.3. The van der Waals surface area contributed by atoms with Crippen LogP contribution in [-0.4, -0.2) is 31.4 Å². The summed E-state index contributed by atoms with van der Waals surface area (Å²) in [6.07, 6.45) is 0. The maximum atomic E-state index is 13.7. The van der Waals surface area contributed by atoms with Crippen LogP contribution < -0.4 is 15.5 Å². The summed E-state index contributed by atoms with van der Waals surface area (Å²) in [5, 5.41) is 5.41. The summed E-state index contributed by atoms with van der Waals surface area (Å²) in [6.45, 7) is 3.86. The highest BCUT2D eigenvalue weighted by Crippen LogP contribution is 2.20. The Morgan fingerprint density at radius 2 is 1.57 bits per heavy atom. The van der Waals surface area contributed by atoms with Crippen molar-refractivity contribution in [2.45, 2.75) is 13.8 Å². The molecule has 9 heteroatoms. The molecule has 0 heterocycles. The van der Waals surface area contributed by atoms with Crippen molar-refractivity contribution in [3.05, 3.63) is 58.4 Å². The van der Waals surface area contributed by atoms with E-state index in [4.69, 9.17) is 11.6 Å². The number of carbonyl (C=O) groups is 2. The molecule has 28 heavy (non-hydrogen) atoms. The van der Waals surface area contributed by atoms with Crippen LogP contribution >= 0.6 is 11.6 Å². The molecule has 2 aromatic carbocycles. The first kappa shape index (κ1) is 21.7. The molecule has 150 valence electrons. The van der Waals surface area contributed by atoms with E-state index in [2.05, 4.69) is 10.6 Å². The molecule has 2 amide bonds. The van der Waals surface area contributed by atoms with Crippen LogP contribution in [0.25, 0.3) is 0 Å². The third-order valence-corrected chi connectivity index (χ3v) is 4.34. The number of hydrogen-bond donors (Lipinski definition) is 3. The van der Waals surface area contributed by atoms with Crippen molar-refractivity contribution in [2.75, 3.05) is 30.3 Å². The van der Waals surface area contributed by atoms with Crippen molar-refractivity contribution in [3.8, 4) is 0 Å². The van der Waals surface area contributed by atoms with Crippen LogP contribution in [0, 0.1) is 24.4 Å². The molecule has 0 saturated carbocycles. The van der Waals surface area contributed by atoms with Gasteiger partial charge >= 0.3 is 0 Å². The molecule has 0 radical (unpaired) electrons. The lowest BCUT2D eigenvalue weighted by Gasteiger charge is -2.17. The fourth-order valence-corrected chi connectivity index (χ4v) is 2.68. The number of amides is 2. The number of nitrogens with one attached hydrogen (secondary N) is 3. The van der Waals surface area contributed by atoms with E-state index >= 15 is 0 Å². The maximum absolute atomic E-state index is 13.7. The molecule has 1 atom stereocenters. The molecule has 2 aromatic rings. The summed E-state index contributed by atoms with van der Waals surface area (Å²) in [7, 11) is 0. The smallest absolute Gasteiger partial charge is 0.279 e. The van der Waals surface area contributed by atoms with Gasteiger partial charge in [0.25, 0.3) is 11.8 Å². The van der Waals surface area contributed by atoms with Crippen LogP contribution in [0.1, 0.15) is 12.5 Å². The lowest BCUT2D eigenvalue weighted by atomic mass is 10.2. The van der Waals surface area contributed by atoms with Crippen molar-refractivity contribution < 1.29 is 27.7 Å². The summed E-state index contributed by atoms with van der Waals surface area (Å²) >= 11 is 5.92. The molecule has 2 rings (SSSR count). The van der Waals surface area contributed by atoms with E-state index in [0.717, 1.165) is 17.7 Å². The van der Waals surface area contributed by atoms with Gasteiger partial charge in [-0.3, -0.25) is 9.59 Å². The predicted molar refractivity (Wildman–Crippen MR) is 101 cm³/mol. The molecule has 0 spiro atoms. The van der Waals surface area contributed by atoms with E-state index in [1.807, 2.05) is 6.92 Å². The van der Waals surface area contributed by atoms with Gasteiger partial charge in [-0.2, -0.15) is 0 Å². The minimum absolute atomic E-state index is 0.0177. The number of benzene rings is 2. The Balaban J connectivity index is 1.96. The minimum Gasteiger partial charge on any atom is -0.321 e. The molecule has 5 nitrogen and oxygen atoms in total. The van der Waals surface area contributed by atoms with Crippen molar-refractivity contribution >= 4 is 34.8 Å². The fourth-order valence-electron chi connectivity index (χ4n) is 2.51. The van der Waals surface area contributed by atoms with Crippen LogP contribution in [0.15, 0.2) is 30.3 Å². The third kappa shape index (κ3) is 5.71. The highest BCUT2D eigenvalue weighted by molar-refractivity contribution is 6.31. The molecule has 0 aliphatic rings. The molecule has 1 unspecified atom stereocenters. The highest BCUT2D eigenvalue weighted by Gasteiger charge is 2.20. The second-order valence-electron chi connectivity index (χ2n) is 6.24. The topological polar surface area (TPSA) is 62.6 Å². The van der Waals surface area contributed by atoms with Crippen molar-refractivity contribution in [1.82, 2.24) is 0 Å². The van der Waals surface area contributed by atoms with Gasteiger partial charge in [0.2, 0.25) is 0 Å². The average molecular weight is 415 g/mol. The van der Waals surface area contributed by atoms with Crippen LogP contribution in [-0.2, 0) is 9.59 Å². The lowest BCUT2D eigenvalue weighted by Crippen LogP contribution is -3.13. The SMILES string of the molecule is CC[NH+](CC(=O)Nc1cc(Cl)ccc1C)CC(=O)Nc1ccc(F)c(F)c1F. The Hall–Kier alpha value is -2.58. The van der Waals surface area contributed by atoms with E-state index < -0.39 is 29.0 Å². The van der Waals surface area contributed by atoms with E-state index in [-0.39, 0.29) is 19.0 Å². The Kier molecular flexibility index (Phi) is 7.42. The van der Waals surface area contributed by atoms with Crippen LogP contribution in [0.4, 0.5) is 24.5 Å². The maximum Gasteiger partial charge on any atom is 0.279 e. The minimum atomic E-state index is -1.66. The zero-order chi connectivity index (χ0) is 20.8. The van der Waals surface area contributed by atoms with Crippen LogP contribution in [0.2, 0.25) is 5.02 Å². The van der Waals surface area contributed by atoms with Crippen LogP contribution in [0.3, 0.4) is 0 Å². The Labute approximate surface area is 165 Å². The van der Waals surface area contributed by atoms with E-state index in [0.29, 0.717) is 22.2 Å². The molecule has 3 N–H and O–H groups in total. The summed E-state index contributed by atoms with van der Waals surface area (Å²) < 4.78 is 39.8. The first-order chi connectivity index (χ1) is 13.2. The van der Waals surface area contributed by atoms with Gasteiger partial charge in [0.15, 0.2) is 30.5 Å². The Morgan fingerprint density at radius 3 is 2.18 bits per heavy atom. The lowest BCUT2D eigenvalue weighted by molar-refractivity contribution is -0.881. The number of quaternary nitrogens is 1. The summed E-state index contributed by atoms with van der Waals surface area (Å²) in [6, 6.07) is 6.76. The molecule has 0 aliphatic heterocycles. The van der Waals surface area contributed by atoms with Gasteiger partial charge in [-0.15, -0.1) is 0 Å². The normalized spacial score (nSPS) is 11.8. The first-order valence-corrected chi connectivity index (χ1v) is 8.92. The average Bonchev–Trinajstić information content (AvgIpc) is 2.64. The van der Waals surface area contributed by atoms with Gasteiger partial charge in [-0.1, -0.05) is 17.7 Å². The van der Waals surface area contributed by atoms with E-state index in [9.17, 15) is 22.8 Å². The van der Waals surface area contributed by atoms with Crippen molar-refractivity contribution in [3.63, 3.8) is 0 Å². The van der Waals surface area contributed by atoms with Gasteiger partial charge in [-0.05, 0) is 43.7 Å². The van der Waals surface area contributed by atoms with Crippen molar-refractivity contribution in [2.24, 2.45) is 0 Å². The monoisotopic (exact) mass is 414 g/mol. The largest absolute Gasteiger partial charge is 0.321 e. The standard InChI is InChI=1S/C19H19ClF3N3O2/c1-3-26(10-17(28)25-15-8-12(20)5-4-11(15)2)9-16(27)24-14-7-6-13(21)18(22)19(14)23/h4-8H,3,9-10H2,1-2H3,(H,24,27)(H,25,28)/p+1. The van der Waals surface area contributed by atoms with Gasteiger partial charge in [0.1, 0.15) is 0 Å². The Bertz CT molecular complexity index is 893. The number of likely N-dealkylation sites (N-methyl/N-ethyl adjacent to an activating group) is 1. The van der Waals surface area contributed by atoms with Gasteiger partial charge in [0.05, 0.1) is 12.2 Å². The molecular weight excluding hydrogens is 395 g/mol. The highest BCUT2D eigenvalue weighted by atomic mass is 35.5. The number of hydrogen-bond acceptors (Lipinski definition) is 2. The second-order valence-corrected chi connectivity index (χ2v) is 6.67. The second kappa shape index (κ2) is 9.57. The molecule has 0 aromatic heterocycles.